The van der Waals surface area contributed by atoms with Crippen molar-refractivity contribution < 1.29 is 14.3 Å². The molecule has 0 bridgehead atoms. The van der Waals surface area contributed by atoms with Gasteiger partial charge < -0.3 is 9.47 Å². The van der Waals surface area contributed by atoms with Gasteiger partial charge >= 0.3 is 5.97 Å². The molecule has 0 spiro atoms. The highest BCUT2D eigenvalue weighted by Gasteiger charge is 2.12. The minimum Gasteiger partial charge on any atom is -0.488 e. The molecule has 0 N–H and O–H groups in total. The third kappa shape index (κ3) is 5.09. The van der Waals surface area contributed by atoms with Gasteiger partial charge in [0.2, 0.25) is 0 Å². The van der Waals surface area contributed by atoms with E-state index >= 15 is 0 Å². The van der Waals surface area contributed by atoms with E-state index in [4.69, 9.17) is 9.47 Å². The van der Waals surface area contributed by atoms with Gasteiger partial charge in [-0.3, -0.25) is 4.79 Å². The van der Waals surface area contributed by atoms with Gasteiger partial charge in [-0.1, -0.05) is 55.8 Å². The number of ether oxygens (including phenoxy) is 2. The third-order valence-corrected chi connectivity index (χ3v) is 4.41. The van der Waals surface area contributed by atoms with Crippen LogP contribution in [0.1, 0.15) is 54.0 Å². The molecule has 3 nitrogen and oxygen atoms in total. The molecule has 0 aliphatic rings. The molecule has 0 aliphatic heterocycles. The van der Waals surface area contributed by atoms with Crippen LogP contribution in [0.5, 0.6) is 5.75 Å². The van der Waals surface area contributed by atoms with Gasteiger partial charge in [0.1, 0.15) is 12.4 Å². The summed E-state index contributed by atoms with van der Waals surface area (Å²) in [7, 11) is 1.42. The zero-order valence-electron chi connectivity index (χ0n) is 15.9. The molecule has 2 rings (SSSR count). The number of hydrogen-bond acceptors (Lipinski definition) is 3. The Kier molecular flexibility index (Phi) is 6.63. The molecular weight excluding hydrogens is 312 g/mol. The van der Waals surface area contributed by atoms with Crippen molar-refractivity contribution in [3.63, 3.8) is 0 Å². The number of methoxy groups -OCH3 is 1. The summed E-state index contributed by atoms with van der Waals surface area (Å²) in [5.74, 6) is 1.13. The van der Waals surface area contributed by atoms with Crippen molar-refractivity contribution in [1.29, 1.82) is 0 Å². The second-order valence-corrected chi connectivity index (χ2v) is 6.78. The lowest BCUT2D eigenvalue weighted by molar-refractivity contribution is -0.140. The second kappa shape index (κ2) is 8.70. The number of aryl methyl sites for hydroxylation is 3. The molecule has 0 saturated carbocycles. The topological polar surface area (TPSA) is 35.5 Å². The average Bonchev–Trinajstić information content (AvgIpc) is 2.58. The van der Waals surface area contributed by atoms with E-state index in [0.717, 1.165) is 16.9 Å². The van der Waals surface area contributed by atoms with E-state index in [1.807, 2.05) is 25.1 Å². The molecule has 0 unspecified atom stereocenters. The summed E-state index contributed by atoms with van der Waals surface area (Å²) in [4.78, 5) is 11.5. The molecule has 0 atom stereocenters. The zero-order chi connectivity index (χ0) is 18.4. The Morgan fingerprint density at radius 2 is 1.84 bits per heavy atom. The summed E-state index contributed by atoms with van der Waals surface area (Å²) in [5.41, 5.74) is 5.90. The van der Waals surface area contributed by atoms with Crippen LogP contribution >= 0.6 is 0 Å². The summed E-state index contributed by atoms with van der Waals surface area (Å²) < 4.78 is 11.0. The van der Waals surface area contributed by atoms with Gasteiger partial charge in [0.05, 0.1) is 7.11 Å². The highest BCUT2D eigenvalue weighted by atomic mass is 16.5. The molecule has 3 heteroatoms. The quantitative estimate of drug-likeness (QED) is 0.657. The Hall–Kier alpha value is -2.29. The van der Waals surface area contributed by atoms with Crippen LogP contribution < -0.4 is 4.74 Å². The van der Waals surface area contributed by atoms with Crippen LogP contribution in [0, 0.1) is 13.8 Å². The van der Waals surface area contributed by atoms with Crippen LogP contribution in [0.25, 0.3) is 0 Å². The molecular formula is C22H28O3. The molecule has 25 heavy (non-hydrogen) atoms. The molecule has 0 fully saturated rings. The number of carbonyl (C=O) groups is 1. The van der Waals surface area contributed by atoms with E-state index < -0.39 is 0 Å². The molecule has 0 heterocycles. The van der Waals surface area contributed by atoms with E-state index in [-0.39, 0.29) is 5.97 Å². The third-order valence-electron chi connectivity index (χ3n) is 4.41. The fourth-order valence-electron chi connectivity index (χ4n) is 3.03. The van der Waals surface area contributed by atoms with Crippen LogP contribution in [-0.4, -0.2) is 13.1 Å². The van der Waals surface area contributed by atoms with Gasteiger partial charge in [-0.15, -0.1) is 0 Å². The molecule has 0 aliphatic carbocycles. The van der Waals surface area contributed by atoms with Crippen LogP contribution in [0.15, 0.2) is 36.4 Å². The van der Waals surface area contributed by atoms with Crippen molar-refractivity contribution in [3.05, 3.63) is 64.2 Å². The number of para-hydroxylation sites is 1. The van der Waals surface area contributed by atoms with Gasteiger partial charge in [0, 0.05) is 6.42 Å². The van der Waals surface area contributed by atoms with Crippen molar-refractivity contribution >= 4 is 5.97 Å². The molecule has 0 aromatic heterocycles. The Morgan fingerprint density at radius 3 is 2.52 bits per heavy atom. The predicted molar refractivity (Wildman–Crippen MR) is 101 cm³/mol. The lowest BCUT2D eigenvalue weighted by Crippen LogP contribution is -2.06. The maximum Gasteiger partial charge on any atom is 0.305 e. The van der Waals surface area contributed by atoms with Gasteiger partial charge in [0.25, 0.3) is 0 Å². The SMILES string of the molecule is COC(=O)CCc1cccc(C)c1OCc1cc(C)ccc1C(C)C. The first-order valence-corrected chi connectivity index (χ1v) is 8.80. The van der Waals surface area contributed by atoms with E-state index in [1.165, 1.54) is 23.8 Å². The van der Waals surface area contributed by atoms with E-state index in [2.05, 4.69) is 39.0 Å². The van der Waals surface area contributed by atoms with E-state index in [9.17, 15) is 4.79 Å². The summed E-state index contributed by atoms with van der Waals surface area (Å²) in [6, 6.07) is 12.6. The fraction of sp³-hybridized carbons (Fsp3) is 0.409. The normalized spacial score (nSPS) is 10.8. The highest BCUT2D eigenvalue weighted by Crippen LogP contribution is 2.28. The number of carbonyl (C=O) groups excluding carboxylic acids is 1. The van der Waals surface area contributed by atoms with Crippen molar-refractivity contribution in [1.82, 2.24) is 0 Å². The minimum atomic E-state index is -0.201. The molecule has 0 amide bonds. The van der Waals surface area contributed by atoms with Crippen LogP contribution in [0.2, 0.25) is 0 Å². The Labute approximate surface area is 151 Å². The first kappa shape index (κ1) is 19.0. The Balaban J connectivity index is 2.21. The van der Waals surface area contributed by atoms with Crippen molar-refractivity contribution in [2.24, 2.45) is 0 Å². The highest BCUT2D eigenvalue weighted by molar-refractivity contribution is 5.69. The summed E-state index contributed by atoms with van der Waals surface area (Å²) >= 11 is 0. The molecule has 0 radical (unpaired) electrons. The maximum absolute atomic E-state index is 11.5. The number of esters is 1. The molecule has 134 valence electrons. The lowest BCUT2D eigenvalue weighted by atomic mass is 9.96. The average molecular weight is 340 g/mol. The summed E-state index contributed by atoms with van der Waals surface area (Å²) in [6.45, 7) is 9.07. The van der Waals surface area contributed by atoms with E-state index in [1.54, 1.807) is 0 Å². The first-order chi connectivity index (χ1) is 11.9. The van der Waals surface area contributed by atoms with Crippen molar-refractivity contribution in [2.45, 2.75) is 53.1 Å². The largest absolute Gasteiger partial charge is 0.488 e. The fourth-order valence-corrected chi connectivity index (χ4v) is 3.03. The number of hydrogen-bond donors (Lipinski definition) is 0. The molecule has 2 aromatic carbocycles. The van der Waals surface area contributed by atoms with Gasteiger partial charge in [-0.2, -0.15) is 0 Å². The van der Waals surface area contributed by atoms with Crippen LogP contribution in [0.4, 0.5) is 0 Å². The minimum absolute atomic E-state index is 0.201. The number of rotatable bonds is 7. The Morgan fingerprint density at radius 1 is 1.08 bits per heavy atom. The summed E-state index contributed by atoms with van der Waals surface area (Å²) in [6.07, 6.45) is 0.979. The van der Waals surface area contributed by atoms with Gasteiger partial charge in [-0.25, -0.2) is 0 Å². The second-order valence-electron chi connectivity index (χ2n) is 6.78. The Bertz CT molecular complexity index is 732. The van der Waals surface area contributed by atoms with Gasteiger partial charge in [0.15, 0.2) is 0 Å². The summed E-state index contributed by atoms with van der Waals surface area (Å²) in [5, 5.41) is 0. The van der Waals surface area contributed by atoms with Crippen molar-refractivity contribution in [2.75, 3.05) is 7.11 Å². The monoisotopic (exact) mass is 340 g/mol. The predicted octanol–water partition coefficient (Wildman–Crippen LogP) is 5.11. The lowest BCUT2D eigenvalue weighted by Gasteiger charge is -2.17. The van der Waals surface area contributed by atoms with Crippen LogP contribution in [-0.2, 0) is 22.6 Å². The van der Waals surface area contributed by atoms with Crippen molar-refractivity contribution in [3.8, 4) is 5.75 Å². The maximum atomic E-state index is 11.5. The smallest absolute Gasteiger partial charge is 0.305 e. The van der Waals surface area contributed by atoms with E-state index in [0.29, 0.717) is 25.4 Å². The molecule has 0 saturated heterocycles. The number of benzene rings is 2. The first-order valence-electron chi connectivity index (χ1n) is 8.80. The van der Waals surface area contributed by atoms with Gasteiger partial charge in [-0.05, 0) is 48.4 Å². The standard InChI is InChI=1S/C22H28O3/c1-15(2)20-11-9-16(3)13-19(20)14-25-22-17(4)7-6-8-18(22)10-12-21(23)24-5/h6-9,11,13,15H,10,12,14H2,1-5H3. The zero-order valence-corrected chi connectivity index (χ0v) is 15.9. The molecule has 2 aromatic rings. The van der Waals surface area contributed by atoms with Crippen LogP contribution in [0.3, 0.4) is 0 Å².